The lowest BCUT2D eigenvalue weighted by atomic mass is 9.94. The minimum Gasteiger partial charge on any atom is -0.484 e. The number of ether oxygens (including phenoxy) is 1. The van der Waals surface area contributed by atoms with Crippen molar-refractivity contribution >= 4 is 66.8 Å². The number of fused-ring (bicyclic) bond motifs is 8. The zero-order valence-electron chi connectivity index (χ0n) is 41.0. The summed E-state index contributed by atoms with van der Waals surface area (Å²) in [5.41, 5.74) is 20.6. The highest BCUT2D eigenvalue weighted by Crippen LogP contribution is 2.48. The van der Waals surface area contributed by atoms with Crippen molar-refractivity contribution in [2.24, 2.45) is 0 Å². The predicted molar refractivity (Wildman–Crippen MR) is 312 cm³/mol. The first-order valence-corrected chi connectivity index (χ1v) is 25.6. The number of hydrogen-bond acceptors (Lipinski definition) is 4. The Kier molecular flexibility index (Phi) is 10.9. The molecule has 13 aromatic rings. The molecule has 0 N–H and O–H groups in total. The van der Waals surface area contributed by atoms with Gasteiger partial charge in [-0.1, -0.05) is 182 Å². The molecule has 0 bridgehead atoms. The Labute approximate surface area is 436 Å². The molecule has 14 rings (SSSR count). The largest absolute Gasteiger partial charge is 0.484 e. The SMILES string of the molecule is c1ccc(-c2cccc(N(c3cccc(-c4ccccc4)c3)c3ccc4c(c3)COc3c-4ccc4c3oc3cc5cc(N(c6cccc(-c7ccccc7)c6)c6cccc(-c7ccccc7)c6)ccc5cc34)c2)cc1. The maximum atomic E-state index is 6.90. The Bertz CT molecular complexity index is 4080. The highest BCUT2D eigenvalue weighted by Gasteiger charge is 2.26. The van der Waals surface area contributed by atoms with Gasteiger partial charge >= 0.3 is 0 Å². The van der Waals surface area contributed by atoms with Crippen LogP contribution in [0.4, 0.5) is 34.1 Å². The van der Waals surface area contributed by atoms with E-state index >= 15 is 0 Å². The van der Waals surface area contributed by atoms with Crippen LogP contribution in [0.25, 0.3) is 88.3 Å². The van der Waals surface area contributed by atoms with Crippen molar-refractivity contribution < 1.29 is 9.15 Å². The number of nitrogens with zero attached hydrogens (tertiary/aromatic N) is 2. The monoisotopic (exact) mass is 960 g/mol. The number of benzene rings is 12. The fourth-order valence-corrected chi connectivity index (χ4v) is 11.0. The van der Waals surface area contributed by atoms with Crippen molar-refractivity contribution in [1.82, 2.24) is 0 Å². The molecule has 75 heavy (non-hydrogen) atoms. The molecule has 0 unspecified atom stereocenters. The normalized spacial score (nSPS) is 11.8. The lowest BCUT2D eigenvalue weighted by Gasteiger charge is -2.29. The van der Waals surface area contributed by atoms with Gasteiger partial charge < -0.3 is 19.0 Å². The van der Waals surface area contributed by atoms with Gasteiger partial charge in [-0.25, -0.2) is 0 Å². The molecule has 0 spiro atoms. The van der Waals surface area contributed by atoms with Gasteiger partial charge in [0.25, 0.3) is 0 Å². The molecule has 1 aliphatic rings. The van der Waals surface area contributed by atoms with Crippen LogP contribution in [0.1, 0.15) is 5.56 Å². The van der Waals surface area contributed by atoms with Gasteiger partial charge in [-0.05, 0) is 163 Å². The summed E-state index contributed by atoms with van der Waals surface area (Å²) in [6, 6.07) is 100.0. The summed E-state index contributed by atoms with van der Waals surface area (Å²) in [6.45, 7) is 0.409. The number of hydrogen-bond donors (Lipinski definition) is 0. The van der Waals surface area contributed by atoms with Gasteiger partial charge in [0.15, 0.2) is 11.3 Å². The molecule has 1 aromatic heterocycles. The number of rotatable bonds is 10. The summed E-state index contributed by atoms with van der Waals surface area (Å²) in [5, 5.41) is 4.32. The first-order valence-electron chi connectivity index (χ1n) is 25.6. The molecule has 4 nitrogen and oxygen atoms in total. The van der Waals surface area contributed by atoms with Gasteiger partial charge in [0.05, 0.1) is 0 Å². The summed E-state index contributed by atoms with van der Waals surface area (Å²) >= 11 is 0. The molecule has 0 saturated heterocycles. The molecule has 354 valence electrons. The van der Waals surface area contributed by atoms with Crippen LogP contribution in [0.5, 0.6) is 5.75 Å². The maximum Gasteiger partial charge on any atom is 0.177 e. The van der Waals surface area contributed by atoms with E-state index in [1.165, 1.54) is 22.3 Å². The third kappa shape index (κ3) is 8.16. The summed E-state index contributed by atoms with van der Waals surface area (Å²) in [6.07, 6.45) is 0. The van der Waals surface area contributed by atoms with Gasteiger partial charge in [0.1, 0.15) is 12.2 Å². The van der Waals surface area contributed by atoms with E-state index in [1.54, 1.807) is 0 Å². The van der Waals surface area contributed by atoms with Crippen LogP contribution in [0, 0.1) is 0 Å². The Balaban J connectivity index is 0.845. The number of furan rings is 1. The van der Waals surface area contributed by atoms with Gasteiger partial charge in [-0.15, -0.1) is 0 Å². The zero-order chi connectivity index (χ0) is 49.7. The molecular formula is C71H48N2O2. The summed E-state index contributed by atoms with van der Waals surface area (Å²) in [4.78, 5) is 4.72. The second-order valence-electron chi connectivity index (χ2n) is 19.3. The summed E-state index contributed by atoms with van der Waals surface area (Å²) in [7, 11) is 0. The second-order valence-corrected chi connectivity index (χ2v) is 19.3. The van der Waals surface area contributed by atoms with E-state index in [-0.39, 0.29) is 0 Å². The molecule has 12 aromatic carbocycles. The van der Waals surface area contributed by atoms with E-state index in [0.717, 1.165) is 112 Å². The minimum atomic E-state index is 0.409. The second kappa shape index (κ2) is 18.6. The summed E-state index contributed by atoms with van der Waals surface area (Å²) in [5.74, 6) is 0.777. The van der Waals surface area contributed by atoms with Crippen molar-refractivity contribution in [3.8, 4) is 61.4 Å². The molecule has 0 radical (unpaired) electrons. The molecule has 0 amide bonds. The molecule has 4 heteroatoms. The van der Waals surface area contributed by atoms with Gasteiger partial charge in [-0.3, -0.25) is 0 Å². The average molecular weight is 961 g/mol. The van der Waals surface area contributed by atoms with Crippen LogP contribution < -0.4 is 14.5 Å². The average Bonchev–Trinajstić information content (AvgIpc) is 3.87. The first-order chi connectivity index (χ1) is 37.1. The van der Waals surface area contributed by atoms with Crippen LogP contribution >= 0.6 is 0 Å². The molecule has 2 heterocycles. The fraction of sp³-hybridized carbons (Fsp3) is 0.0141. The van der Waals surface area contributed by atoms with Crippen LogP contribution in [-0.2, 0) is 6.61 Å². The smallest absolute Gasteiger partial charge is 0.177 e. The molecular weight excluding hydrogens is 913 g/mol. The van der Waals surface area contributed by atoms with Crippen LogP contribution in [0.2, 0.25) is 0 Å². The van der Waals surface area contributed by atoms with Crippen molar-refractivity contribution in [2.45, 2.75) is 6.61 Å². The van der Waals surface area contributed by atoms with Crippen LogP contribution in [0.3, 0.4) is 0 Å². The van der Waals surface area contributed by atoms with Gasteiger partial charge in [-0.2, -0.15) is 0 Å². The van der Waals surface area contributed by atoms with E-state index < -0.39 is 0 Å². The van der Waals surface area contributed by atoms with Crippen molar-refractivity contribution in [2.75, 3.05) is 9.80 Å². The maximum absolute atomic E-state index is 6.90. The lowest BCUT2D eigenvalue weighted by molar-refractivity contribution is 0.302. The molecule has 0 atom stereocenters. The van der Waals surface area contributed by atoms with Gasteiger partial charge in [0, 0.05) is 50.5 Å². The van der Waals surface area contributed by atoms with E-state index in [0.29, 0.717) is 6.61 Å². The Morgan fingerprint density at radius 3 is 1.17 bits per heavy atom. The molecule has 1 aliphatic heterocycles. The molecule has 0 saturated carbocycles. The molecule has 0 fully saturated rings. The third-order valence-corrected chi connectivity index (χ3v) is 14.6. The van der Waals surface area contributed by atoms with E-state index in [2.05, 4.69) is 289 Å². The quantitative estimate of drug-likeness (QED) is 0.137. The van der Waals surface area contributed by atoms with E-state index in [9.17, 15) is 0 Å². The first kappa shape index (κ1) is 43.9. The van der Waals surface area contributed by atoms with E-state index in [1.807, 2.05) is 0 Å². The minimum absolute atomic E-state index is 0.409. The fourth-order valence-electron chi connectivity index (χ4n) is 11.0. The van der Waals surface area contributed by atoms with Crippen molar-refractivity contribution in [3.05, 3.63) is 285 Å². The third-order valence-electron chi connectivity index (χ3n) is 14.6. The standard InChI is InChI=1S/C71H48N2O2/c1-5-17-48(18-6-1)52-25-13-29-59(39-52)72(60-30-14-26-53(40-60)49-19-7-2-8-20-49)63-34-33-56-45-68-67-38-37-66-65-36-35-64(44-58(65)47-74-70(66)71(67)75-69(68)46-57(56)43-63)73(61-31-15-27-54(41-61)50-21-9-3-10-22-50)62-32-16-28-55(42-62)51-23-11-4-12-24-51/h1-46H,47H2. The van der Waals surface area contributed by atoms with E-state index in [4.69, 9.17) is 9.15 Å². The van der Waals surface area contributed by atoms with Gasteiger partial charge in [0.2, 0.25) is 0 Å². The van der Waals surface area contributed by atoms with Crippen molar-refractivity contribution in [1.29, 1.82) is 0 Å². The predicted octanol–water partition coefficient (Wildman–Crippen LogP) is 19.9. The van der Waals surface area contributed by atoms with Crippen LogP contribution in [0.15, 0.2) is 283 Å². The topological polar surface area (TPSA) is 28.9 Å². The highest BCUT2D eigenvalue weighted by molar-refractivity contribution is 6.13. The Morgan fingerprint density at radius 2 is 0.693 bits per heavy atom. The highest BCUT2D eigenvalue weighted by atomic mass is 16.5. The Hall–Kier alpha value is -9.90. The zero-order valence-corrected chi connectivity index (χ0v) is 41.0. The lowest BCUT2D eigenvalue weighted by Crippen LogP contribution is -2.12. The summed E-state index contributed by atoms with van der Waals surface area (Å²) < 4.78 is 13.7. The van der Waals surface area contributed by atoms with Crippen molar-refractivity contribution in [3.63, 3.8) is 0 Å². The number of anilines is 6. The Morgan fingerprint density at radius 1 is 0.280 bits per heavy atom. The van der Waals surface area contributed by atoms with Crippen LogP contribution in [-0.4, -0.2) is 0 Å². The molecule has 0 aliphatic carbocycles.